The van der Waals surface area contributed by atoms with E-state index in [1.807, 2.05) is 0 Å². The monoisotopic (exact) mass is 245 g/mol. The number of aliphatic hydroxyl groups excluding tert-OH is 1. The molecule has 2 aliphatic heterocycles. The minimum absolute atomic E-state index is 0.0211. The molecule has 2 fully saturated rings. The predicted octanol–water partition coefficient (Wildman–Crippen LogP) is 1.21. The maximum absolute atomic E-state index is 9.63. The van der Waals surface area contributed by atoms with Crippen molar-refractivity contribution in [1.29, 1.82) is 0 Å². The maximum atomic E-state index is 9.63. The fourth-order valence-corrected chi connectivity index (χ4v) is 3.56. The largest absolute Gasteiger partial charge is 0.396 e. The Balaban J connectivity index is 1.88. The normalized spacial score (nSPS) is 33.6. The molecule has 2 heterocycles. The first-order valence-corrected chi connectivity index (χ1v) is 7.49. The lowest BCUT2D eigenvalue weighted by Gasteiger charge is -2.39. The summed E-state index contributed by atoms with van der Waals surface area (Å²) in [5.41, 5.74) is 0.0211. The summed E-state index contributed by atoms with van der Waals surface area (Å²) >= 11 is 2.05. The highest BCUT2D eigenvalue weighted by atomic mass is 32.2. The second-order valence-corrected chi connectivity index (χ2v) is 6.28. The molecule has 1 N–H and O–H groups in total. The lowest BCUT2D eigenvalue weighted by atomic mass is 9.82. The molecule has 1 atom stereocenters. The lowest BCUT2D eigenvalue weighted by molar-refractivity contribution is -0.0544. The van der Waals surface area contributed by atoms with Crippen LogP contribution in [0.4, 0.5) is 0 Å². The number of thioether (sulfide) groups is 1. The molecule has 2 rings (SSSR count). The van der Waals surface area contributed by atoms with Gasteiger partial charge in [0.1, 0.15) is 0 Å². The third-order valence-electron chi connectivity index (χ3n) is 3.61. The molecule has 0 radical (unpaired) electrons. The van der Waals surface area contributed by atoms with Crippen LogP contribution in [0.15, 0.2) is 0 Å². The fraction of sp³-hybridized carbons (Fsp3) is 1.00. The van der Waals surface area contributed by atoms with E-state index in [9.17, 15) is 5.11 Å². The van der Waals surface area contributed by atoms with Gasteiger partial charge in [0.25, 0.3) is 0 Å². The van der Waals surface area contributed by atoms with Gasteiger partial charge in [0.05, 0.1) is 13.2 Å². The average Bonchev–Trinajstić information content (AvgIpc) is 2.59. The van der Waals surface area contributed by atoms with Crippen LogP contribution < -0.4 is 0 Å². The molecule has 0 amide bonds. The first-order valence-electron chi connectivity index (χ1n) is 6.33. The molecule has 0 aliphatic carbocycles. The zero-order chi connectivity index (χ0) is 11.3. The van der Waals surface area contributed by atoms with Gasteiger partial charge in [-0.1, -0.05) is 0 Å². The van der Waals surface area contributed by atoms with E-state index >= 15 is 0 Å². The number of hydrogen-bond acceptors (Lipinski definition) is 4. The first-order chi connectivity index (χ1) is 7.85. The Morgan fingerprint density at radius 2 is 2.19 bits per heavy atom. The van der Waals surface area contributed by atoms with Gasteiger partial charge in [0.2, 0.25) is 0 Å². The lowest BCUT2D eigenvalue weighted by Crippen LogP contribution is -2.46. The van der Waals surface area contributed by atoms with Crippen LogP contribution in [-0.2, 0) is 4.74 Å². The van der Waals surface area contributed by atoms with Crippen LogP contribution in [0.2, 0.25) is 0 Å². The quantitative estimate of drug-likeness (QED) is 0.810. The van der Waals surface area contributed by atoms with E-state index in [0.717, 1.165) is 32.6 Å². The number of ether oxygens (including phenoxy) is 1. The summed E-state index contributed by atoms with van der Waals surface area (Å²) < 4.78 is 5.56. The van der Waals surface area contributed by atoms with Crippen LogP contribution in [0.5, 0.6) is 0 Å². The molecule has 2 aliphatic rings. The molecule has 0 bridgehead atoms. The van der Waals surface area contributed by atoms with Crippen molar-refractivity contribution in [2.75, 3.05) is 51.0 Å². The Bertz CT molecular complexity index is 199. The van der Waals surface area contributed by atoms with Crippen LogP contribution in [0.25, 0.3) is 0 Å². The number of rotatable bonds is 3. The van der Waals surface area contributed by atoms with Gasteiger partial charge in [-0.2, -0.15) is 11.8 Å². The Labute approximate surface area is 103 Å². The third-order valence-corrected chi connectivity index (χ3v) is 4.66. The van der Waals surface area contributed by atoms with E-state index in [1.54, 1.807) is 0 Å². The van der Waals surface area contributed by atoms with Gasteiger partial charge in [0, 0.05) is 30.9 Å². The minimum Gasteiger partial charge on any atom is -0.396 e. The number of aliphatic hydroxyl groups is 1. The standard InChI is InChI=1S/C12H23NO2S/c14-10-12(3-1-6-15-11-12)9-13-4-2-7-16-8-5-13/h14H,1-11H2. The number of nitrogens with zero attached hydrogens (tertiary/aromatic N) is 1. The summed E-state index contributed by atoms with van der Waals surface area (Å²) in [6.45, 7) is 5.27. The second kappa shape index (κ2) is 6.24. The molecule has 0 saturated carbocycles. The molecule has 16 heavy (non-hydrogen) atoms. The van der Waals surface area contributed by atoms with Crippen molar-refractivity contribution in [1.82, 2.24) is 4.90 Å². The van der Waals surface area contributed by atoms with E-state index in [2.05, 4.69) is 16.7 Å². The molecule has 0 spiro atoms. The molecule has 0 aromatic rings. The molecule has 4 heteroatoms. The highest BCUT2D eigenvalue weighted by Crippen LogP contribution is 2.29. The van der Waals surface area contributed by atoms with Crippen molar-refractivity contribution in [3.63, 3.8) is 0 Å². The number of hydrogen-bond donors (Lipinski definition) is 1. The fourth-order valence-electron chi connectivity index (χ4n) is 2.64. The van der Waals surface area contributed by atoms with E-state index in [-0.39, 0.29) is 12.0 Å². The van der Waals surface area contributed by atoms with Crippen LogP contribution in [0.1, 0.15) is 19.3 Å². The van der Waals surface area contributed by atoms with E-state index in [4.69, 9.17) is 4.74 Å². The summed E-state index contributed by atoms with van der Waals surface area (Å²) in [7, 11) is 0. The van der Waals surface area contributed by atoms with Crippen molar-refractivity contribution < 1.29 is 9.84 Å². The molecule has 3 nitrogen and oxygen atoms in total. The van der Waals surface area contributed by atoms with Gasteiger partial charge in [0.15, 0.2) is 0 Å². The minimum atomic E-state index is 0.0211. The summed E-state index contributed by atoms with van der Waals surface area (Å²) in [5.74, 6) is 2.53. The molecular formula is C12H23NO2S. The SMILES string of the molecule is OCC1(CN2CCCSCC2)CCCOC1. The van der Waals surface area contributed by atoms with E-state index < -0.39 is 0 Å². The van der Waals surface area contributed by atoms with Gasteiger partial charge < -0.3 is 14.7 Å². The second-order valence-electron chi connectivity index (χ2n) is 5.06. The Morgan fingerprint density at radius 3 is 2.94 bits per heavy atom. The van der Waals surface area contributed by atoms with Crippen LogP contribution in [0, 0.1) is 5.41 Å². The highest BCUT2D eigenvalue weighted by Gasteiger charge is 2.34. The van der Waals surface area contributed by atoms with E-state index in [0.29, 0.717) is 0 Å². The van der Waals surface area contributed by atoms with Gasteiger partial charge >= 0.3 is 0 Å². The van der Waals surface area contributed by atoms with Crippen molar-refractivity contribution in [2.45, 2.75) is 19.3 Å². The van der Waals surface area contributed by atoms with Crippen LogP contribution >= 0.6 is 11.8 Å². The molecule has 94 valence electrons. The van der Waals surface area contributed by atoms with E-state index in [1.165, 1.54) is 31.0 Å². The first kappa shape index (κ1) is 12.7. The van der Waals surface area contributed by atoms with Crippen molar-refractivity contribution in [2.24, 2.45) is 5.41 Å². The topological polar surface area (TPSA) is 32.7 Å². The van der Waals surface area contributed by atoms with Crippen molar-refractivity contribution in [3.05, 3.63) is 0 Å². The van der Waals surface area contributed by atoms with Crippen molar-refractivity contribution in [3.8, 4) is 0 Å². The van der Waals surface area contributed by atoms with Gasteiger partial charge in [-0.25, -0.2) is 0 Å². The van der Waals surface area contributed by atoms with Crippen LogP contribution in [-0.4, -0.2) is 61.0 Å². The van der Waals surface area contributed by atoms with Gasteiger partial charge in [-0.05, 0) is 31.6 Å². The smallest absolute Gasteiger partial charge is 0.0556 e. The summed E-state index contributed by atoms with van der Waals surface area (Å²) in [6.07, 6.45) is 3.50. The Kier molecular flexibility index (Phi) is 4.95. The predicted molar refractivity (Wildman–Crippen MR) is 68.0 cm³/mol. The van der Waals surface area contributed by atoms with Crippen molar-refractivity contribution >= 4 is 11.8 Å². The highest BCUT2D eigenvalue weighted by molar-refractivity contribution is 7.99. The molecule has 0 aromatic heterocycles. The average molecular weight is 245 g/mol. The van der Waals surface area contributed by atoms with Gasteiger partial charge in [-0.15, -0.1) is 0 Å². The Hall–Kier alpha value is 0.230. The zero-order valence-electron chi connectivity index (χ0n) is 9.99. The summed E-state index contributed by atoms with van der Waals surface area (Å²) in [4.78, 5) is 2.52. The summed E-state index contributed by atoms with van der Waals surface area (Å²) in [5, 5.41) is 9.63. The Morgan fingerprint density at radius 1 is 1.25 bits per heavy atom. The molecule has 2 saturated heterocycles. The third kappa shape index (κ3) is 3.36. The molecular weight excluding hydrogens is 222 g/mol. The van der Waals surface area contributed by atoms with Crippen LogP contribution in [0.3, 0.4) is 0 Å². The zero-order valence-corrected chi connectivity index (χ0v) is 10.8. The van der Waals surface area contributed by atoms with Gasteiger partial charge in [-0.3, -0.25) is 0 Å². The summed E-state index contributed by atoms with van der Waals surface area (Å²) in [6, 6.07) is 0. The molecule has 1 unspecified atom stereocenters. The maximum Gasteiger partial charge on any atom is 0.0556 e. The molecule has 0 aromatic carbocycles.